The molecule has 0 aliphatic heterocycles. The molecule has 0 radical (unpaired) electrons. The van der Waals surface area contributed by atoms with Gasteiger partial charge in [-0.2, -0.15) is 0 Å². The van der Waals surface area contributed by atoms with Crippen molar-refractivity contribution in [1.29, 1.82) is 0 Å². The third kappa shape index (κ3) is 2.34. The van der Waals surface area contributed by atoms with Crippen molar-refractivity contribution in [3.63, 3.8) is 0 Å². The van der Waals surface area contributed by atoms with Crippen LogP contribution in [0.1, 0.15) is 22.8 Å². The van der Waals surface area contributed by atoms with Gasteiger partial charge in [0.2, 0.25) is 0 Å². The van der Waals surface area contributed by atoms with Crippen LogP contribution in [-0.2, 0) is 6.42 Å². The quantitative estimate of drug-likeness (QED) is 0.696. The predicted octanol–water partition coefficient (Wildman–Crippen LogP) is 1.95. The van der Waals surface area contributed by atoms with Crippen LogP contribution in [0.3, 0.4) is 0 Å². The lowest BCUT2D eigenvalue weighted by atomic mass is 10.1. The molecule has 0 spiro atoms. The minimum absolute atomic E-state index is 0.338. The molecule has 1 aromatic carbocycles. The van der Waals surface area contributed by atoms with E-state index in [2.05, 4.69) is 11.8 Å². The summed E-state index contributed by atoms with van der Waals surface area (Å²) in [5, 5.41) is 8.82. The van der Waals surface area contributed by atoms with Gasteiger partial charge in [0.25, 0.3) is 0 Å². The molecule has 2 nitrogen and oxygen atoms in total. The molecular formula is C11H10O2. The molecule has 0 heterocycles. The van der Waals surface area contributed by atoms with Crippen molar-refractivity contribution in [2.45, 2.75) is 13.3 Å². The second-order valence-electron chi connectivity index (χ2n) is 2.57. The number of rotatable bonds is 2. The van der Waals surface area contributed by atoms with Crippen LogP contribution in [0.5, 0.6) is 0 Å². The first kappa shape index (κ1) is 9.34. The van der Waals surface area contributed by atoms with Crippen molar-refractivity contribution in [1.82, 2.24) is 0 Å². The topological polar surface area (TPSA) is 37.3 Å². The van der Waals surface area contributed by atoms with Crippen LogP contribution < -0.4 is 0 Å². The molecule has 2 heteroatoms. The maximum absolute atomic E-state index is 10.7. The van der Waals surface area contributed by atoms with E-state index in [9.17, 15) is 4.79 Å². The van der Waals surface area contributed by atoms with E-state index >= 15 is 0 Å². The summed E-state index contributed by atoms with van der Waals surface area (Å²) in [5.41, 5.74) is 1.11. The van der Waals surface area contributed by atoms with E-state index in [-0.39, 0.29) is 0 Å². The first-order valence-electron chi connectivity index (χ1n) is 3.96. The smallest absolute Gasteiger partial charge is 0.335 e. The Bertz CT molecular complexity index is 369. The Morgan fingerprint density at radius 3 is 2.77 bits per heavy atom. The fourth-order valence-corrected chi connectivity index (χ4v) is 1.07. The highest BCUT2D eigenvalue weighted by Crippen LogP contribution is 2.08. The van der Waals surface area contributed by atoms with Crippen LogP contribution >= 0.6 is 0 Å². The van der Waals surface area contributed by atoms with E-state index in [1.54, 1.807) is 25.1 Å². The zero-order valence-corrected chi connectivity index (χ0v) is 7.37. The van der Waals surface area contributed by atoms with Gasteiger partial charge in [-0.1, -0.05) is 24.1 Å². The van der Waals surface area contributed by atoms with Crippen molar-refractivity contribution in [2.24, 2.45) is 0 Å². The van der Waals surface area contributed by atoms with Crippen LogP contribution in [-0.4, -0.2) is 11.1 Å². The summed E-state index contributed by atoms with van der Waals surface area (Å²) in [4.78, 5) is 10.7. The van der Waals surface area contributed by atoms with E-state index < -0.39 is 5.97 Å². The van der Waals surface area contributed by atoms with Crippen molar-refractivity contribution in [3.05, 3.63) is 35.4 Å². The average Bonchev–Trinajstić information content (AvgIpc) is 2.15. The summed E-state index contributed by atoms with van der Waals surface area (Å²) in [6, 6.07) is 6.91. The fraction of sp³-hybridized carbons (Fsp3) is 0.182. The molecular weight excluding hydrogens is 164 g/mol. The normalized spacial score (nSPS) is 8.69. The summed E-state index contributed by atoms with van der Waals surface area (Å²) in [6.07, 6.45) is 0.499. The van der Waals surface area contributed by atoms with Crippen LogP contribution in [0.2, 0.25) is 0 Å². The number of carboxylic acids is 1. The van der Waals surface area contributed by atoms with Gasteiger partial charge in [-0.25, -0.2) is 4.79 Å². The maximum Gasteiger partial charge on any atom is 0.335 e. The molecule has 0 aliphatic carbocycles. The highest BCUT2D eigenvalue weighted by atomic mass is 16.4. The van der Waals surface area contributed by atoms with Gasteiger partial charge in [0.15, 0.2) is 0 Å². The number of carbonyl (C=O) groups is 1. The zero-order chi connectivity index (χ0) is 9.68. The molecule has 0 fully saturated rings. The first-order valence-corrected chi connectivity index (χ1v) is 3.96. The summed E-state index contributed by atoms with van der Waals surface area (Å²) >= 11 is 0. The van der Waals surface area contributed by atoms with Gasteiger partial charge < -0.3 is 5.11 Å². The highest BCUT2D eigenvalue weighted by molar-refractivity contribution is 5.89. The molecule has 0 aliphatic rings. The Morgan fingerprint density at radius 2 is 2.15 bits per heavy atom. The lowest BCUT2D eigenvalue weighted by Crippen LogP contribution is -2.01. The monoisotopic (exact) mass is 174 g/mol. The Labute approximate surface area is 77.2 Å². The molecule has 1 aromatic rings. The molecule has 0 unspecified atom stereocenters. The van der Waals surface area contributed by atoms with Gasteiger partial charge in [0.1, 0.15) is 0 Å². The molecule has 0 bridgehead atoms. The molecule has 0 amide bonds. The second-order valence-corrected chi connectivity index (χ2v) is 2.57. The number of hydrogen-bond donors (Lipinski definition) is 1. The Hall–Kier alpha value is -1.75. The van der Waals surface area contributed by atoms with Gasteiger partial charge in [0.05, 0.1) is 5.56 Å². The number of aromatic carboxylic acids is 1. The molecule has 66 valence electrons. The average molecular weight is 174 g/mol. The first-order chi connectivity index (χ1) is 6.25. The third-order valence-electron chi connectivity index (χ3n) is 1.70. The third-order valence-corrected chi connectivity index (χ3v) is 1.70. The molecule has 0 saturated heterocycles. The highest BCUT2D eigenvalue weighted by Gasteiger charge is 2.06. The minimum Gasteiger partial charge on any atom is -0.478 e. The fourth-order valence-electron chi connectivity index (χ4n) is 1.07. The number of hydrogen-bond acceptors (Lipinski definition) is 1. The minimum atomic E-state index is -0.895. The van der Waals surface area contributed by atoms with Crippen molar-refractivity contribution < 1.29 is 9.90 Å². The van der Waals surface area contributed by atoms with Gasteiger partial charge in [-0.15, -0.1) is 5.92 Å². The number of carboxylic acid groups (broad SMARTS) is 1. The van der Waals surface area contributed by atoms with Gasteiger partial charge in [0, 0.05) is 6.42 Å². The molecule has 13 heavy (non-hydrogen) atoms. The van der Waals surface area contributed by atoms with E-state index in [4.69, 9.17) is 5.11 Å². The SMILES string of the molecule is CC#CCc1ccccc1C(=O)O. The lowest BCUT2D eigenvalue weighted by molar-refractivity contribution is 0.0696. The summed E-state index contributed by atoms with van der Waals surface area (Å²) in [5.74, 6) is 4.69. The van der Waals surface area contributed by atoms with E-state index in [1.165, 1.54) is 0 Å². The van der Waals surface area contributed by atoms with E-state index in [0.717, 1.165) is 5.56 Å². The van der Waals surface area contributed by atoms with Gasteiger partial charge in [-0.3, -0.25) is 0 Å². The van der Waals surface area contributed by atoms with Crippen molar-refractivity contribution in [2.75, 3.05) is 0 Å². The molecule has 0 atom stereocenters. The summed E-state index contributed by atoms with van der Waals surface area (Å²) in [6.45, 7) is 1.74. The molecule has 0 aromatic heterocycles. The van der Waals surface area contributed by atoms with Crippen molar-refractivity contribution >= 4 is 5.97 Å². The molecule has 1 N–H and O–H groups in total. The molecule has 0 saturated carbocycles. The van der Waals surface area contributed by atoms with E-state index in [0.29, 0.717) is 12.0 Å². The summed E-state index contributed by atoms with van der Waals surface area (Å²) in [7, 11) is 0. The Kier molecular flexibility index (Phi) is 3.10. The maximum atomic E-state index is 10.7. The van der Waals surface area contributed by atoms with Crippen LogP contribution in [0, 0.1) is 11.8 Å². The van der Waals surface area contributed by atoms with Gasteiger partial charge >= 0.3 is 5.97 Å². The zero-order valence-electron chi connectivity index (χ0n) is 7.37. The number of benzene rings is 1. The molecule has 1 rings (SSSR count). The largest absolute Gasteiger partial charge is 0.478 e. The standard InChI is InChI=1S/C11H10O2/c1-2-3-6-9-7-4-5-8-10(9)11(12)13/h4-5,7-8H,6H2,1H3,(H,12,13). The van der Waals surface area contributed by atoms with Crippen LogP contribution in [0.15, 0.2) is 24.3 Å². The Morgan fingerprint density at radius 1 is 1.46 bits per heavy atom. The van der Waals surface area contributed by atoms with Crippen molar-refractivity contribution in [3.8, 4) is 11.8 Å². The van der Waals surface area contributed by atoms with Crippen LogP contribution in [0.25, 0.3) is 0 Å². The lowest BCUT2D eigenvalue weighted by Gasteiger charge is -2.00. The second kappa shape index (κ2) is 4.32. The Balaban J connectivity index is 3.02. The van der Waals surface area contributed by atoms with Crippen LogP contribution in [0.4, 0.5) is 0 Å². The predicted molar refractivity (Wildman–Crippen MR) is 50.6 cm³/mol. The van der Waals surface area contributed by atoms with E-state index in [1.807, 2.05) is 6.07 Å². The van der Waals surface area contributed by atoms with Gasteiger partial charge in [-0.05, 0) is 18.6 Å². The summed E-state index contributed by atoms with van der Waals surface area (Å²) < 4.78 is 0.